The van der Waals surface area contributed by atoms with Gasteiger partial charge in [-0.2, -0.15) is 0 Å². The summed E-state index contributed by atoms with van der Waals surface area (Å²) >= 11 is 0. The molecule has 0 aliphatic rings. The summed E-state index contributed by atoms with van der Waals surface area (Å²) < 4.78 is 60.6. The van der Waals surface area contributed by atoms with Gasteiger partial charge in [0, 0.05) is 28.9 Å². The van der Waals surface area contributed by atoms with Crippen molar-refractivity contribution in [1.82, 2.24) is 4.72 Å². The molecule has 7 nitrogen and oxygen atoms in total. The summed E-state index contributed by atoms with van der Waals surface area (Å²) in [4.78, 5) is -0.845. The molecule has 1 rings (SSSR count). The highest BCUT2D eigenvalue weighted by molar-refractivity contribution is 7.92. The van der Waals surface area contributed by atoms with Gasteiger partial charge in [-0.1, -0.05) is 19.1 Å². The Morgan fingerprint density at radius 2 is 1.71 bits per heavy atom. The quantitative estimate of drug-likeness (QED) is 0.700. The number of hydrogen-bond donors (Lipinski definition) is 2. The molecule has 0 aliphatic carbocycles. The Morgan fingerprint density at radius 1 is 1.19 bits per heavy atom. The van der Waals surface area contributed by atoms with Gasteiger partial charge in [-0.15, -0.1) is 0 Å². The molecule has 0 amide bonds. The number of nitrogens with one attached hydrogen (secondary N) is 1. The molecule has 0 saturated heterocycles. The van der Waals surface area contributed by atoms with Crippen LogP contribution in [-0.4, -0.2) is 39.1 Å². The fourth-order valence-corrected chi connectivity index (χ4v) is 4.42. The zero-order valence-electron chi connectivity index (χ0n) is 11.6. The van der Waals surface area contributed by atoms with Crippen LogP contribution in [0.15, 0.2) is 34.1 Å². The Kier molecular flexibility index (Phi) is 6.05. The lowest BCUT2D eigenvalue weighted by atomic mass is 10.3. The molecule has 0 radical (unpaired) electrons. The van der Waals surface area contributed by atoms with E-state index in [1.54, 1.807) is 6.92 Å². The molecule has 2 atom stereocenters. The topological polar surface area (TPSA) is 123 Å². The van der Waals surface area contributed by atoms with E-state index in [1.807, 2.05) is 0 Å². The zero-order chi connectivity index (χ0) is 16.3. The lowest BCUT2D eigenvalue weighted by Crippen LogP contribution is -2.29. The summed E-state index contributed by atoms with van der Waals surface area (Å²) in [5.41, 5.74) is 0. The van der Waals surface area contributed by atoms with E-state index in [4.69, 9.17) is 5.14 Å². The second kappa shape index (κ2) is 6.97. The standard InChI is InChI=1S/C11H18N2O5S3/c1-9(19(2)14)7-8-13-21(17,18)11-6-4-3-5-10(11)20(12,15)16/h3-6,9,13H,7-8H2,1-2H3,(H2,12,15,16). The van der Waals surface area contributed by atoms with Crippen LogP contribution >= 0.6 is 0 Å². The Morgan fingerprint density at radius 3 is 2.19 bits per heavy atom. The summed E-state index contributed by atoms with van der Waals surface area (Å²) in [7, 11) is -9.20. The van der Waals surface area contributed by atoms with Gasteiger partial charge in [0.15, 0.2) is 0 Å². The van der Waals surface area contributed by atoms with Crippen molar-refractivity contribution in [3.05, 3.63) is 24.3 Å². The van der Waals surface area contributed by atoms with Gasteiger partial charge in [-0.05, 0) is 18.6 Å². The molecule has 0 saturated carbocycles. The van der Waals surface area contributed by atoms with Crippen molar-refractivity contribution < 1.29 is 21.0 Å². The van der Waals surface area contributed by atoms with Gasteiger partial charge in [0.25, 0.3) is 0 Å². The molecule has 1 aromatic carbocycles. The summed E-state index contributed by atoms with van der Waals surface area (Å²) in [6.45, 7) is 1.80. The van der Waals surface area contributed by atoms with E-state index in [-0.39, 0.29) is 11.8 Å². The van der Waals surface area contributed by atoms with Crippen molar-refractivity contribution in [3.63, 3.8) is 0 Å². The average Bonchev–Trinajstić information content (AvgIpc) is 2.37. The van der Waals surface area contributed by atoms with Crippen LogP contribution in [0.5, 0.6) is 0 Å². The van der Waals surface area contributed by atoms with E-state index in [1.165, 1.54) is 24.5 Å². The van der Waals surface area contributed by atoms with Crippen molar-refractivity contribution in [2.45, 2.75) is 28.4 Å². The maximum atomic E-state index is 12.1. The van der Waals surface area contributed by atoms with Crippen LogP contribution in [0.1, 0.15) is 13.3 Å². The van der Waals surface area contributed by atoms with Gasteiger partial charge in [-0.3, -0.25) is 4.21 Å². The zero-order valence-corrected chi connectivity index (χ0v) is 14.1. The maximum Gasteiger partial charge on any atom is 0.241 e. The maximum absolute atomic E-state index is 12.1. The van der Waals surface area contributed by atoms with Crippen LogP contribution in [0.25, 0.3) is 0 Å². The summed E-state index contributed by atoms with van der Waals surface area (Å²) in [6.07, 6.45) is 1.91. The molecule has 0 aliphatic heterocycles. The lowest BCUT2D eigenvalue weighted by molar-refractivity contribution is 0.570. The van der Waals surface area contributed by atoms with Crippen molar-refractivity contribution in [3.8, 4) is 0 Å². The molecule has 0 fully saturated rings. The Balaban J connectivity index is 2.97. The fraction of sp³-hybridized carbons (Fsp3) is 0.455. The van der Waals surface area contributed by atoms with Gasteiger partial charge in [0.05, 0.1) is 0 Å². The third kappa shape index (κ3) is 5.15. The van der Waals surface area contributed by atoms with Crippen molar-refractivity contribution in [1.29, 1.82) is 0 Å². The van der Waals surface area contributed by atoms with Crippen LogP contribution in [0.2, 0.25) is 0 Å². The van der Waals surface area contributed by atoms with Gasteiger partial charge in [-0.25, -0.2) is 26.7 Å². The average molecular weight is 354 g/mol. The summed E-state index contributed by atoms with van der Waals surface area (Å²) in [5, 5.41) is 4.85. The van der Waals surface area contributed by atoms with Crippen LogP contribution in [0.3, 0.4) is 0 Å². The highest BCUT2D eigenvalue weighted by Gasteiger charge is 2.23. The number of benzene rings is 1. The van der Waals surface area contributed by atoms with Crippen LogP contribution < -0.4 is 9.86 Å². The number of rotatable bonds is 7. The first-order valence-corrected chi connectivity index (χ1v) is 10.6. The van der Waals surface area contributed by atoms with E-state index in [2.05, 4.69) is 4.72 Å². The molecule has 21 heavy (non-hydrogen) atoms. The minimum Gasteiger partial charge on any atom is -0.260 e. The molecule has 120 valence electrons. The first kappa shape index (κ1) is 18.2. The fourth-order valence-electron chi connectivity index (χ4n) is 1.55. The largest absolute Gasteiger partial charge is 0.260 e. The highest BCUT2D eigenvalue weighted by Crippen LogP contribution is 2.19. The molecule has 0 bridgehead atoms. The summed E-state index contributed by atoms with van der Waals surface area (Å²) in [5.74, 6) is 0. The van der Waals surface area contributed by atoms with Gasteiger partial charge >= 0.3 is 0 Å². The third-order valence-corrected chi connectivity index (χ3v) is 6.84. The highest BCUT2D eigenvalue weighted by atomic mass is 32.2. The van der Waals surface area contributed by atoms with Crippen molar-refractivity contribution >= 4 is 30.8 Å². The molecule has 10 heteroatoms. The predicted molar refractivity (Wildman–Crippen MR) is 81.1 cm³/mol. The Labute approximate surface area is 127 Å². The number of sulfonamides is 2. The van der Waals surface area contributed by atoms with Gasteiger partial charge in [0.1, 0.15) is 9.79 Å². The van der Waals surface area contributed by atoms with E-state index in [0.717, 1.165) is 6.07 Å². The third-order valence-electron chi connectivity index (χ3n) is 2.85. The first-order chi connectivity index (χ1) is 9.55. The minimum atomic E-state index is -4.14. The predicted octanol–water partition coefficient (Wildman–Crippen LogP) is -0.231. The molecular weight excluding hydrogens is 336 g/mol. The lowest BCUT2D eigenvalue weighted by Gasteiger charge is -2.12. The molecular formula is C11H18N2O5S3. The molecule has 0 aromatic heterocycles. The number of hydrogen-bond acceptors (Lipinski definition) is 5. The van der Waals surface area contributed by atoms with Crippen LogP contribution in [-0.2, 0) is 30.8 Å². The normalized spacial score (nSPS) is 15.6. The monoisotopic (exact) mass is 354 g/mol. The second-order valence-corrected chi connectivity index (χ2v) is 9.55. The van der Waals surface area contributed by atoms with Crippen LogP contribution in [0, 0.1) is 0 Å². The van der Waals surface area contributed by atoms with E-state index in [0.29, 0.717) is 6.42 Å². The van der Waals surface area contributed by atoms with Crippen molar-refractivity contribution in [2.75, 3.05) is 12.8 Å². The van der Waals surface area contributed by atoms with E-state index >= 15 is 0 Å². The van der Waals surface area contributed by atoms with Crippen LogP contribution in [0.4, 0.5) is 0 Å². The number of primary sulfonamides is 1. The Bertz CT molecular complexity index is 728. The minimum absolute atomic E-state index is 0.0576. The first-order valence-electron chi connectivity index (χ1n) is 5.99. The van der Waals surface area contributed by atoms with E-state index in [9.17, 15) is 21.0 Å². The molecule has 1 aromatic rings. The number of nitrogens with two attached hydrogens (primary N) is 1. The molecule has 0 spiro atoms. The van der Waals surface area contributed by atoms with E-state index < -0.39 is 40.6 Å². The summed E-state index contributed by atoms with van der Waals surface area (Å²) in [6, 6.07) is 5.10. The smallest absolute Gasteiger partial charge is 0.241 e. The van der Waals surface area contributed by atoms with Gasteiger partial charge < -0.3 is 0 Å². The Hall–Kier alpha value is -0.810. The van der Waals surface area contributed by atoms with Gasteiger partial charge in [0.2, 0.25) is 20.0 Å². The second-order valence-electron chi connectivity index (χ2n) is 4.49. The molecule has 3 N–H and O–H groups in total. The van der Waals surface area contributed by atoms with Crippen molar-refractivity contribution in [2.24, 2.45) is 5.14 Å². The molecule has 0 heterocycles. The SMILES string of the molecule is CC(CCNS(=O)(=O)c1ccccc1S(N)(=O)=O)S(C)=O. The molecule has 2 unspecified atom stereocenters.